The highest BCUT2D eigenvalue weighted by Crippen LogP contribution is 2.38. The van der Waals surface area contributed by atoms with Crippen LogP contribution in [0.4, 0.5) is 11.4 Å². The number of hydrogen-bond donors (Lipinski definition) is 2. The monoisotopic (exact) mass is 214 g/mol. The molecule has 1 heterocycles. The average Bonchev–Trinajstić information content (AvgIpc) is 2.02. The van der Waals surface area contributed by atoms with Crippen molar-refractivity contribution in [2.45, 2.75) is 4.90 Å². The van der Waals surface area contributed by atoms with E-state index < -0.39 is 0 Å². The zero-order valence-corrected chi connectivity index (χ0v) is 8.21. The first-order chi connectivity index (χ1) is 6.16. The molecular formula is C8H7ClN2OS. The van der Waals surface area contributed by atoms with E-state index >= 15 is 0 Å². The number of amides is 1. The molecule has 0 bridgehead atoms. The Kier molecular flexibility index (Phi) is 2.09. The molecule has 0 fully saturated rings. The SMILES string of the molecule is Nc1cc(Cl)cc2c1SCC(=O)N2. The number of benzene rings is 1. The van der Waals surface area contributed by atoms with Crippen molar-refractivity contribution < 1.29 is 4.79 Å². The van der Waals surface area contributed by atoms with Crippen LogP contribution in [0.3, 0.4) is 0 Å². The zero-order chi connectivity index (χ0) is 9.42. The van der Waals surface area contributed by atoms with E-state index in [0.717, 1.165) is 4.90 Å². The minimum atomic E-state index is -0.0147. The van der Waals surface area contributed by atoms with Gasteiger partial charge in [-0.05, 0) is 12.1 Å². The fourth-order valence-corrected chi connectivity index (χ4v) is 2.26. The van der Waals surface area contributed by atoms with Crippen LogP contribution in [-0.4, -0.2) is 11.7 Å². The highest BCUT2D eigenvalue weighted by atomic mass is 35.5. The number of nitrogens with one attached hydrogen (secondary N) is 1. The number of halogens is 1. The third-order valence-corrected chi connectivity index (χ3v) is 3.07. The molecule has 0 aliphatic carbocycles. The van der Waals surface area contributed by atoms with Crippen LogP contribution in [0.2, 0.25) is 5.02 Å². The second-order valence-corrected chi connectivity index (χ2v) is 4.13. The van der Waals surface area contributed by atoms with Crippen molar-refractivity contribution in [2.24, 2.45) is 0 Å². The first kappa shape index (κ1) is 8.72. The van der Waals surface area contributed by atoms with E-state index in [9.17, 15) is 4.79 Å². The number of rotatable bonds is 0. The van der Waals surface area contributed by atoms with Crippen molar-refractivity contribution >= 4 is 40.6 Å². The van der Waals surface area contributed by atoms with Gasteiger partial charge in [-0.25, -0.2) is 0 Å². The van der Waals surface area contributed by atoms with Crippen molar-refractivity contribution in [1.82, 2.24) is 0 Å². The van der Waals surface area contributed by atoms with Gasteiger partial charge >= 0.3 is 0 Å². The van der Waals surface area contributed by atoms with Gasteiger partial charge in [0.05, 0.1) is 16.3 Å². The summed E-state index contributed by atoms with van der Waals surface area (Å²) in [6.45, 7) is 0. The summed E-state index contributed by atoms with van der Waals surface area (Å²) in [5.41, 5.74) is 7.06. The molecule has 1 aliphatic rings. The summed E-state index contributed by atoms with van der Waals surface area (Å²) in [6.07, 6.45) is 0. The molecule has 0 saturated heterocycles. The van der Waals surface area contributed by atoms with E-state index in [1.54, 1.807) is 12.1 Å². The molecule has 13 heavy (non-hydrogen) atoms. The summed E-state index contributed by atoms with van der Waals surface area (Å²) in [5, 5.41) is 3.26. The summed E-state index contributed by atoms with van der Waals surface area (Å²) in [4.78, 5) is 11.9. The fourth-order valence-electron chi connectivity index (χ4n) is 1.19. The number of hydrogen-bond acceptors (Lipinski definition) is 3. The molecule has 1 aromatic carbocycles. The Labute approximate surface area is 84.6 Å². The Morgan fingerprint density at radius 3 is 3.08 bits per heavy atom. The molecule has 1 aromatic rings. The number of carbonyl (C=O) groups excluding carboxylic acids is 1. The lowest BCUT2D eigenvalue weighted by atomic mass is 10.2. The van der Waals surface area contributed by atoms with Crippen LogP contribution in [0.15, 0.2) is 17.0 Å². The Morgan fingerprint density at radius 2 is 2.31 bits per heavy atom. The average molecular weight is 215 g/mol. The molecule has 5 heteroatoms. The van der Waals surface area contributed by atoms with Crippen LogP contribution in [0.25, 0.3) is 0 Å². The third-order valence-electron chi connectivity index (χ3n) is 1.70. The maximum atomic E-state index is 11.0. The highest BCUT2D eigenvalue weighted by molar-refractivity contribution is 8.00. The normalized spacial score (nSPS) is 15.0. The smallest absolute Gasteiger partial charge is 0.234 e. The molecule has 2 rings (SSSR count). The first-order valence-corrected chi connectivity index (χ1v) is 5.05. The minimum absolute atomic E-state index is 0.0147. The van der Waals surface area contributed by atoms with E-state index in [4.69, 9.17) is 17.3 Å². The molecule has 0 spiro atoms. The predicted molar refractivity (Wildman–Crippen MR) is 55.2 cm³/mol. The lowest BCUT2D eigenvalue weighted by Crippen LogP contribution is -2.19. The molecule has 1 amide bonds. The van der Waals surface area contributed by atoms with E-state index in [-0.39, 0.29) is 5.91 Å². The molecule has 0 aromatic heterocycles. The van der Waals surface area contributed by atoms with Gasteiger partial charge in [0.25, 0.3) is 0 Å². The third kappa shape index (κ3) is 1.59. The highest BCUT2D eigenvalue weighted by Gasteiger charge is 2.17. The van der Waals surface area contributed by atoms with Gasteiger partial charge in [0.15, 0.2) is 0 Å². The molecule has 0 atom stereocenters. The van der Waals surface area contributed by atoms with Crippen molar-refractivity contribution in [1.29, 1.82) is 0 Å². The van der Waals surface area contributed by atoms with Crippen LogP contribution in [0, 0.1) is 0 Å². The van der Waals surface area contributed by atoms with Crippen LogP contribution < -0.4 is 11.1 Å². The molecule has 0 radical (unpaired) electrons. The number of nitrogens with two attached hydrogens (primary N) is 1. The van der Waals surface area contributed by atoms with Crippen molar-refractivity contribution in [3.63, 3.8) is 0 Å². The molecule has 1 aliphatic heterocycles. The number of nitrogen functional groups attached to an aromatic ring is 1. The van der Waals surface area contributed by atoms with Gasteiger partial charge in [-0.2, -0.15) is 0 Å². The van der Waals surface area contributed by atoms with Crippen molar-refractivity contribution in [3.8, 4) is 0 Å². The van der Waals surface area contributed by atoms with Crippen LogP contribution in [0.1, 0.15) is 0 Å². The van der Waals surface area contributed by atoms with Gasteiger partial charge in [-0.1, -0.05) is 11.6 Å². The summed E-state index contributed by atoms with van der Waals surface area (Å²) >= 11 is 7.23. The molecular weight excluding hydrogens is 208 g/mol. The Bertz CT molecular complexity index is 381. The van der Waals surface area contributed by atoms with Gasteiger partial charge in [-0.15, -0.1) is 11.8 Å². The van der Waals surface area contributed by atoms with Crippen molar-refractivity contribution in [3.05, 3.63) is 17.2 Å². The molecule has 68 valence electrons. The number of fused-ring (bicyclic) bond motifs is 1. The molecule has 0 saturated carbocycles. The Balaban J connectivity index is 2.53. The van der Waals surface area contributed by atoms with Crippen LogP contribution in [-0.2, 0) is 4.79 Å². The summed E-state index contributed by atoms with van der Waals surface area (Å²) < 4.78 is 0. The largest absolute Gasteiger partial charge is 0.398 e. The summed E-state index contributed by atoms with van der Waals surface area (Å²) in [7, 11) is 0. The van der Waals surface area contributed by atoms with Crippen LogP contribution in [0.5, 0.6) is 0 Å². The zero-order valence-electron chi connectivity index (χ0n) is 6.63. The van der Waals surface area contributed by atoms with E-state index in [1.165, 1.54) is 11.8 Å². The second-order valence-electron chi connectivity index (χ2n) is 2.71. The molecule has 3 nitrogen and oxygen atoms in total. The standard InChI is InChI=1S/C8H7ClN2OS/c9-4-1-5(10)8-6(2-4)11-7(12)3-13-8/h1-2H,3,10H2,(H,11,12). The number of anilines is 2. The van der Waals surface area contributed by atoms with Gasteiger partial charge in [0, 0.05) is 10.7 Å². The van der Waals surface area contributed by atoms with E-state index in [2.05, 4.69) is 5.32 Å². The second kappa shape index (κ2) is 3.12. The van der Waals surface area contributed by atoms with Gasteiger partial charge in [0.1, 0.15) is 0 Å². The maximum absolute atomic E-state index is 11.0. The topological polar surface area (TPSA) is 55.1 Å². The molecule has 0 unspecified atom stereocenters. The summed E-state index contributed by atoms with van der Waals surface area (Å²) in [5.74, 6) is 0.401. The molecule has 3 N–H and O–H groups in total. The summed E-state index contributed by atoms with van der Waals surface area (Å²) in [6, 6.07) is 3.39. The minimum Gasteiger partial charge on any atom is -0.398 e. The maximum Gasteiger partial charge on any atom is 0.234 e. The van der Waals surface area contributed by atoms with E-state index in [1.807, 2.05) is 0 Å². The Morgan fingerprint density at radius 1 is 1.54 bits per heavy atom. The van der Waals surface area contributed by atoms with E-state index in [0.29, 0.717) is 22.2 Å². The van der Waals surface area contributed by atoms with Gasteiger partial charge in [0.2, 0.25) is 5.91 Å². The number of thioether (sulfide) groups is 1. The Hall–Kier alpha value is -0.870. The van der Waals surface area contributed by atoms with Crippen molar-refractivity contribution in [2.75, 3.05) is 16.8 Å². The lowest BCUT2D eigenvalue weighted by molar-refractivity contribution is -0.113. The van der Waals surface area contributed by atoms with Gasteiger partial charge < -0.3 is 11.1 Å². The van der Waals surface area contributed by atoms with Gasteiger partial charge in [-0.3, -0.25) is 4.79 Å². The first-order valence-electron chi connectivity index (χ1n) is 3.68. The lowest BCUT2D eigenvalue weighted by Gasteiger charge is -2.17. The predicted octanol–water partition coefficient (Wildman–Crippen LogP) is 1.97. The number of carbonyl (C=O) groups is 1. The van der Waals surface area contributed by atoms with Crippen LogP contribution >= 0.6 is 23.4 Å². The fraction of sp³-hybridized carbons (Fsp3) is 0.125. The quantitative estimate of drug-likeness (QED) is 0.650.